The number of ether oxygens (including phenoxy) is 1. The fraction of sp³-hybridized carbons (Fsp3) is 0.0833. The first kappa shape index (κ1) is 13.4. The normalized spacial score (nSPS) is 10.1. The summed E-state index contributed by atoms with van der Waals surface area (Å²) in [7, 11) is 0. The lowest BCUT2D eigenvalue weighted by Crippen LogP contribution is -2.03. The van der Waals surface area contributed by atoms with Crippen LogP contribution in [0.1, 0.15) is 16.1 Å². The number of carboxylic acid groups (broad SMARTS) is 1. The average molecular weight is 275 g/mol. The minimum Gasteiger partial charge on any atom is -0.476 e. The minimum absolute atomic E-state index is 0.0214. The Hall–Kier alpha value is -3.03. The van der Waals surface area contributed by atoms with Gasteiger partial charge in [0, 0.05) is 6.07 Å². The fourth-order valence-corrected chi connectivity index (χ4v) is 1.47. The first-order chi connectivity index (χ1) is 9.47. The molecule has 0 aliphatic rings. The SMILES string of the molecule is Cc1ccc([N+](=O)[O-])c(Oc2cncc(C(=O)O)n2)c1. The van der Waals surface area contributed by atoms with Gasteiger partial charge in [0.1, 0.15) is 0 Å². The lowest BCUT2D eigenvalue weighted by molar-refractivity contribution is -0.385. The molecule has 2 rings (SSSR count). The van der Waals surface area contributed by atoms with Gasteiger partial charge in [0.25, 0.3) is 0 Å². The van der Waals surface area contributed by atoms with Crippen molar-refractivity contribution in [2.24, 2.45) is 0 Å². The minimum atomic E-state index is -1.26. The van der Waals surface area contributed by atoms with Crippen molar-refractivity contribution in [2.45, 2.75) is 6.92 Å². The van der Waals surface area contributed by atoms with Crippen LogP contribution in [0.2, 0.25) is 0 Å². The number of nitro benzene ring substituents is 1. The summed E-state index contributed by atoms with van der Waals surface area (Å²) in [5.74, 6) is -1.41. The fourth-order valence-electron chi connectivity index (χ4n) is 1.47. The molecule has 0 amide bonds. The van der Waals surface area contributed by atoms with Gasteiger partial charge < -0.3 is 9.84 Å². The van der Waals surface area contributed by atoms with E-state index in [0.717, 1.165) is 11.8 Å². The third-order valence-electron chi connectivity index (χ3n) is 2.36. The lowest BCUT2D eigenvalue weighted by Gasteiger charge is -2.06. The van der Waals surface area contributed by atoms with Crippen molar-refractivity contribution in [1.82, 2.24) is 9.97 Å². The van der Waals surface area contributed by atoms with E-state index in [-0.39, 0.29) is 23.0 Å². The van der Waals surface area contributed by atoms with Crippen molar-refractivity contribution >= 4 is 11.7 Å². The molecule has 0 spiro atoms. The van der Waals surface area contributed by atoms with Gasteiger partial charge in [0.15, 0.2) is 5.69 Å². The molecule has 8 nitrogen and oxygen atoms in total. The standard InChI is InChI=1S/C12H9N3O5/c1-7-2-3-9(15(18)19)10(4-7)20-11-6-13-5-8(14-11)12(16)17/h2-6H,1H3,(H,16,17). The molecule has 0 atom stereocenters. The Labute approximate surface area is 112 Å². The highest BCUT2D eigenvalue weighted by molar-refractivity contribution is 5.84. The predicted molar refractivity (Wildman–Crippen MR) is 66.9 cm³/mol. The van der Waals surface area contributed by atoms with Crippen molar-refractivity contribution in [3.05, 3.63) is 52.0 Å². The van der Waals surface area contributed by atoms with E-state index in [0.29, 0.717) is 0 Å². The number of nitro groups is 1. The smallest absolute Gasteiger partial charge is 0.356 e. The van der Waals surface area contributed by atoms with Gasteiger partial charge in [-0.25, -0.2) is 9.78 Å². The number of nitrogens with zero attached hydrogens (tertiary/aromatic N) is 3. The Balaban J connectivity index is 2.39. The molecule has 0 unspecified atom stereocenters. The van der Waals surface area contributed by atoms with Crippen LogP contribution >= 0.6 is 0 Å². The van der Waals surface area contributed by atoms with E-state index in [1.54, 1.807) is 13.0 Å². The number of rotatable bonds is 4. The number of hydrogen-bond acceptors (Lipinski definition) is 6. The van der Waals surface area contributed by atoms with Gasteiger partial charge >= 0.3 is 11.7 Å². The predicted octanol–water partition coefficient (Wildman–Crippen LogP) is 2.18. The third kappa shape index (κ3) is 2.86. The molecule has 0 bridgehead atoms. The van der Waals surface area contributed by atoms with E-state index in [1.807, 2.05) is 0 Å². The maximum Gasteiger partial charge on any atom is 0.356 e. The molecule has 1 aromatic carbocycles. The Morgan fingerprint density at radius 1 is 1.40 bits per heavy atom. The van der Waals surface area contributed by atoms with Gasteiger partial charge in [-0.3, -0.25) is 15.1 Å². The van der Waals surface area contributed by atoms with Crippen LogP contribution in [0.25, 0.3) is 0 Å². The molecule has 0 saturated heterocycles. The topological polar surface area (TPSA) is 115 Å². The number of hydrogen-bond donors (Lipinski definition) is 1. The molecule has 1 aromatic heterocycles. The van der Waals surface area contributed by atoms with Crippen LogP contribution in [0, 0.1) is 17.0 Å². The van der Waals surface area contributed by atoms with Crippen molar-refractivity contribution in [2.75, 3.05) is 0 Å². The molecule has 0 saturated carbocycles. The summed E-state index contributed by atoms with van der Waals surface area (Å²) in [4.78, 5) is 28.4. The third-order valence-corrected chi connectivity index (χ3v) is 2.36. The van der Waals surface area contributed by atoms with Gasteiger partial charge in [0.05, 0.1) is 17.3 Å². The van der Waals surface area contributed by atoms with Crippen LogP contribution in [-0.4, -0.2) is 26.0 Å². The molecule has 20 heavy (non-hydrogen) atoms. The molecule has 0 aliphatic carbocycles. The highest BCUT2D eigenvalue weighted by Gasteiger charge is 2.17. The van der Waals surface area contributed by atoms with Crippen LogP contribution < -0.4 is 4.74 Å². The molecule has 8 heteroatoms. The monoisotopic (exact) mass is 275 g/mol. The second-order valence-corrected chi connectivity index (χ2v) is 3.88. The zero-order chi connectivity index (χ0) is 14.7. The van der Waals surface area contributed by atoms with E-state index in [1.165, 1.54) is 18.3 Å². The summed E-state index contributed by atoms with van der Waals surface area (Å²) in [6.07, 6.45) is 2.23. The maximum atomic E-state index is 10.9. The first-order valence-corrected chi connectivity index (χ1v) is 5.45. The summed E-state index contributed by atoms with van der Waals surface area (Å²) in [6.45, 7) is 1.75. The largest absolute Gasteiger partial charge is 0.476 e. The van der Waals surface area contributed by atoms with Crippen LogP contribution in [0.15, 0.2) is 30.6 Å². The Bertz CT molecular complexity index is 687. The quantitative estimate of drug-likeness (QED) is 0.671. The van der Waals surface area contributed by atoms with E-state index >= 15 is 0 Å². The van der Waals surface area contributed by atoms with E-state index < -0.39 is 10.9 Å². The Morgan fingerprint density at radius 2 is 2.15 bits per heavy atom. The van der Waals surface area contributed by atoms with E-state index in [2.05, 4.69) is 9.97 Å². The van der Waals surface area contributed by atoms with Crippen molar-refractivity contribution < 1.29 is 19.6 Å². The summed E-state index contributed by atoms with van der Waals surface area (Å²) >= 11 is 0. The highest BCUT2D eigenvalue weighted by atomic mass is 16.6. The second-order valence-electron chi connectivity index (χ2n) is 3.88. The number of aromatic nitrogens is 2. The maximum absolute atomic E-state index is 10.9. The van der Waals surface area contributed by atoms with Crippen LogP contribution in [-0.2, 0) is 0 Å². The number of aryl methyl sites for hydroxylation is 1. The highest BCUT2D eigenvalue weighted by Crippen LogP contribution is 2.31. The van der Waals surface area contributed by atoms with E-state index in [4.69, 9.17) is 9.84 Å². The van der Waals surface area contributed by atoms with Crippen molar-refractivity contribution in [3.8, 4) is 11.6 Å². The summed E-state index contributed by atoms with van der Waals surface area (Å²) in [6, 6.07) is 4.34. The Morgan fingerprint density at radius 3 is 2.80 bits per heavy atom. The number of carbonyl (C=O) groups is 1. The van der Waals surface area contributed by atoms with Crippen LogP contribution in [0.5, 0.6) is 11.6 Å². The van der Waals surface area contributed by atoms with Crippen LogP contribution in [0.3, 0.4) is 0 Å². The van der Waals surface area contributed by atoms with E-state index in [9.17, 15) is 14.9 Å². The zero-order valence-corrected chi connectivity index (χ0v) is 10.3. The first-order valence-electron chi connectivity index (χ1n) is 5.45. The number of benzene rings is 1. The average Bonchev–Trinajstić information content (AvgIpc) is 2.38. The molecular weight excluding hydrogens is 266 g/mol. The van der Waals surface area contributed by atoms with Gasteiger partial charge in [0.2, 0.25) is 11.6 Å². The molecule has 2 aromatic rings. The zero-order valence-electron chi connectivity index (χ0n) is 10.3. The van der Waals surface area contributed by atoms with Gasteiger partial charge in [-0.2, -0.15) is 0 Å². The number of carboxylic acids is 1. The van der Waals surface area contributed by atoms with Crippen molar-refractivity contribution in [1.29, 1.82) is 0 Å². The molecule has 1 N–H and O–H groups in total. The second kappa shape index (κ2) is 5.31. The van der Waals surface area contributed by atoms with Gasteiger partial charge in [-0.05, 0) is 18.6 Å². The summed E-state index contributed by atoms with van der Waals surface area (Å²) < 4.78 is 5.26. The summed E-state index contributed by atoms with van der Waals surface area (Å²) in [5, 5.41) is 19.7. The number of aromatic carboxylic acids is 1. The van der Waals surface area contributed by atoms with Crippen molar-refractivity contribution in [3.63, 3.8) is 0 Å². The Kier molecular flexibility index (Phi) is 3.56. The van der Waals surface area contributed by atoms with Gasteiger partial charge in [-0.15, -0.1) is 0 Å². The molecule has 102 valence electrons. The summed E-state index contributed by atoms with van der Waals surface area (Å²) in [5.41, 5.74) is 0.212. The molecule has 0 aliphatic heterocycles. The van der Waals surface area contributed by atoms with Crippen LogP contribution in [0.4, 0.5) is 5.69 Å². The molecule has 0 fully saturated rings. The molecule has 1 heterocycles. The van der Waals surface area contributed by atoms with Gasteiger partial charge in [-0.1, -0.05) is 6.07 Å². The molecule has 0 radical (unpaired) electrons. The molecular formula is C12H9N3O5. The lowest BCUT2D eigenvalue weighted by atomic mass is 10.2.